The molecule has 1 saturated heterocycles. The number of ether oxygens (including phenoxy) is 2. The Morgan fingerprint density at radius 3 is 3.05 bits per heavy atom. The Hall–Kier alpha value is -1.10. The highest BCUT2D eigenvalue weighted by atomic mass is 16.5. The first kappa shape index (κ1) is 15.3. The molecule has 0 spiro atoms. The lowest BCUT2D eigenvalue weighted by Crippen LogP contribution is -2.39. The molecule has 0 aromatic heterocycles. The Balaban J connectivity index is 1.73. The van der Waals surface area contributed by atoms with Gasteiger partial charge in [-0.05, 0) is 37.1 Å². The minimum Gasteiger partial charge on any atom is -0.383 e. The van der Waals surface area contributed by atoms with Gasteiger partial charge in [0, 0.05) is 25.4 Å². The van der Waals surface area contributed by atoms with Gasteiger partial charge < -0.3 is 20.1 Å². The van der Waals surface area contributed by atoms with Crippen LogP contribution in [0.25, 0.3) is 0 Å². The smallest absolute Gasteiger partial charge is 0.0718 e. The van der Waals surface area contributed by atoms with Crippen molar-refractivity contribution < 1.29 is 9.47 Å². The van der Waals surface area contributed by atoms with Crippen LogP contribution in [0.3, 0.4) is 0 Å². The molecule has 1 aliphatic heterocycles. The fourth-order valence-electron chi connectivity index (χ4n) is 2.44. The van der Waals surface area contributed by atoms with Crippen molar-refractivity contribution in [3.63, 3.8) is 0 Å². The summed E-state index contributed by atoms with van der Waals surface area (Å²) in [5.41, 5.74) is 2.37. The van der Waals surface area contributed by atoms with Crippen LogP contribution in [0.4, 0.5) is 5.69 Å². The third-order valence-electron chi connectivity index (χ3n) is 3.59. The summed E-state index contributed by atoms with van der Waals surface area (Å²) in [6, 6.07) is 9.05. The van der Waals surface area contributed by atoms with Crippen molar-refractivity contribution >= 4 is 5.69 Å². The number of hydrogen-bond acceptors (Lipinski definition) is 4. The predicted octanol–water partition coefficient (Wildman–Crippen LogP) is 2.40. The van der Waals surface area contributed by atoms with Crippen molar-refractivity contribution in [2.24, 2.45) is 0 Å². The van der Waals surface area contributed by atoms with Crippen LogP contribution in [0.15, 0.2) is 24.3 Å². The number of benzene rings is 1. The second kappa shape index (κ2) is 8.95. The molecule has 1 heterocycles. The predicted molar refractivity (Wildman–Crippen MR) is 82.1 cm³/mol. The second-order valence-electron chi connectivity index (χ2n) is 5.27. The van der Waals surface area contributed by atoms with Crippen molar-refractivity contribution in [2.45, 2.75) is 31.9 Å². The zero-order valence-electron chi connectivity index (χ0n) is 12.4. The van der Waals surface area contributed by atoms with E-state index in [0.29, 0.717) is 25.9 Å². The van der Waals surface area contributed by atoms with Gasteiger partial charge in [0.05, 0.1) is 19.8 Å². The van der Waals surface area contributed by atoms with Gasteiger partial charge in [-0.2, -0.15) is 0 Å². The van der Waals surface area contributed by atoms with Gasteiger partial charge in [0.1, 0.15) is 0 Å². The fraction of sp³-hybridized carbons (Fsp3) is 0.625. The highest BCUT2D eigenvalue weighted by Crippen LogP contribution is 2.13. The largest absolute Gasteiger partial charge is 0.383 e. The third kappa shape index (κ3) is 5.49. The van der Waals surface area contributed by atoms with E-state index in [0.717, 1.165) is 13.1 Å². The summed E-state index contributed by atoms with van der Waals surface area (Å²) >= 11 is 0. The summed E-state index contributed by atoms with van der Waals surface area (Å²) < 4.78 is 10.5. The lowest BCUT2D eigenvalue weighted by atomic mass is 10.1. The molecule has 1 unspecified atom stereocenters. The van der Waals surface area contributed by atoms with Crippen LogP contribution < -0.4 is 10.6 Å². The average Bonchev–Trinajstić information content (AvgIpc) is 2.51. The van der Waals surface area contributed by atoms with Gasteiger partial charge in [-0.1, -0.05) is 18.6 Å². The maximum atomic E-state index is 5.54. The minimum atomic E-state index is 0.602. The molecular formula is C16H26N2O2. The van der Waals surface area contributed by atoms with Crippen LogP contribution >= 0.6 is 0 Å². The standard InChI is InChI=1S/C16H26N2O2/c1-19-9-10-20-13-14-5-4-7-15(11-14)18-12-16-6-2-3-8-17-16/h4-5,7,11,16-18H,2-3,6,8-10,12-13H2,1H3. The number of piperidine rings is 1. The van der Waals surface area contributed by atoms with E-state index in [4.69, 9.17) is 9.47 Å². The first-order chi connectivity index (χ1) is 9.88. The van der Waals surface area contributed by atoms with Gasteiger partial charge >= 0.3 is 0 Å². The van der Waals surface area contributed by atoms with Gasteiger partial charge in [0.2, 0.25) is 0 Å². The second-order valence-corrected chi connectivity index (χ2v) is 5.27. The van der Waals surface area contributed by atoms with E-state index in [1.54, 1.807) is 7.11 Å². The fourth-order valence-corrected chi connectivity index (χ4v) is 2.44. The highest BCUT2D eigenvalue weighted by molar-refractivity contribution is 5.45. The zero-order valence-corrected chi connectivity index (χ0v) is 12.4. The van der Waals surface area contributed by atoms with Crippen LogP contribution in [-0.4, -0.2) is 39.5 Å². The van der Waals surface area contributed by atoms with Crippen LogP contribution in [0.1, 0.15) is 24.8 Å². The zero-order chi connectivity index (χ0) is 14.0. The SMILES string of the molecule is COCCOCc1cccc(NCC2CCCCN2)c1. The van der Waals surface area contributed by atoms with Crippen molar-refractivity contribution in [1.29, 1.82) is 0 Å². The summed E-state index contributed by atoms with van der Waals surface area (Å²) in [7, 11) is 1.69. The summed E-state index contributed by atoms with van der Waals surface area (Å²) in [4.78, 5) is 0. The summed E-state index contributed by atoms with van der Waals surface area (Å²) in [5.74, 6) is 0. The van der Waals surface area contributed by atoms with Crippen LogP contribution in [0, 0.1) is 0 Å². The van der Waals surface area contributed by atoms with E-state index in [1.807, 2.05) is 0 Å². The molecule has 2 N–H and O–H groups in total. The van der Waals surface area contributed by atoms with Gasteiger partial charge in [-0.15, -0.1) is 0 Å². The van der Waals surface area contributed by atoms with E-state index in [2.05, 4.69) is 34.9 Å². The molecule has 20 heavy (non-hydrogen) atoms. The maximum Gasteiger partial charge on any atom is 0.0718 e. The maximum absolute atomic E-state index is 5.54. The Kier molecular flexibility index (Phi) is 6.84. The summed E-state index contributed by atoms with van der Waals surface area (Å²) in [6.45, 7) is 4.07. The van der Waals surface area contributed by atoms with Crippen molar-refractivity contribution in [3.8, 4) is 0 Å². The quantitative estimate of drug-likeness (QED) is 0.717. The Labute approximate surface area is 121 Å². The monoisotopic (exact) mass is 278 g/mol. The molecule has 4 nitrogen and oxygen atoms in total. The molecule has 1 fully saturated rings. The number of methoxy groups -OCH3 is 1. The molecule has 0 radical (unpaired) electrons. The Bertz CT molecular complexity index is 378. The van der Waals surface area contributed by atoms with E-state index in [-0.39, 0.29) is 0 Å². The lowest BCUT2D eigenvalue weighted by Gasteiger charge is -2.24. The van der Waals surface area contributed by atoms with E-state index >= 15 is 0 Å². The number of hydrogen-bond donors (Lipinski definition) is 2. The van der Waals surface area contributed by atoms with E-state index in [1.165, 1.54) is 30.5 Å². The van der Waals surface area contributed by atoms with Gasteiger partial charge in [0.25, 0.3) is 0 Å². The molecule has 1 aromatic rings. The van der Waals surface area contributed by atoms with E-state index < -0.39 is 0 Å². The third-order valence-corrected chi connectivity index (χ3v) is 3.59. The van der Waals surface area contributed by atoms with Crippen molar-refractivity contribution in [3.05, 3.63) is 29.8 Å². The molecule has 0 saturated carbocycles. The molecule has 1 aliphatic rings. The lowest BCUT2D eigenvalue weighted by molar-refractivity contribution is 0.0617. The molecule has 0 amide bonds. The average molecular weight is 278 g/mol. The Morgan fingerprint density at radius 2 is 2.25 bits per heavy atom. The minimum absolute atomic E-state index is 0.602. The number of rotatable bonds is 8. The molecule has 112 valence electrons. The number of anilines is 1. The van der Waals surface area contributed by atoms with Gasteiger partial charge in [-0.25, -0.2) is 0 Å². The molecule has 1 atom stereocenters. The molecule has 1 aromatic carbocycles. The normalized spacial score (nSPS) is 18.9. The molecule has 4 heteroatoms. The molecule has 2 rings (SSSR count). The van der Waals surface area contributed by atoms with Crippen LogP contribution in [0.2, 0.25) is 0 Å². The first-order valence-corrected chi connectivity index (χ1v) is 7.51. The topological polar surface area (TPSA) is 42.5 Å². The van der Waals surface area contributed by atoms with Crippen LogP contribution in [-0.2, 0) is 16.1 Å². The summed E-state index contributed by atoms with van der Waals surface area (Å²) in [5, 5.41) is 7.06. The van der Waals surface area contributed by atoms with Crippen molar-refractivity contribution in [1.82, 2.24) is 5.32 Å². The summed E-state index contributed by atoms with van der Waals surface area (Å²) in [6.07, 6.45) is 3.92. The number of nitrogens with one attached hydrogen (secondary N) is 2. The van der Waals surface area contributed by atoms with Crippen LogP contribution in [0.5, 0.6) is 0 Å². The van der Waals surface area contributed by atoms with E-state index in [9.17, 15) is 0 Å². The van der Waals surface area contributed by atoms with Gasteiger partial charge in [-0.3, -0.25) is 0 Å². The van der Waals surface area contributed by atoms with Crippen molar-refractivity contribution in [2.75, 3.05) is 38.7 Å². The molecule has 0 aliphatic carbocycles. The molecule has 0 bridgehead atoms. The Morgan fingerprint density at radius 1 is 1.30 bits per heavy atom. The first-order valence-electron chi connectivity index (χ1n) is 7.51. The van der Waals surface area contributed by atoms with Gasteiger partial charge in [0.15, 0.2) is 0 Å². The molecular weight excluding hydrogens is 252 g/mol. The highest BCUT2D eigenvalue weighted by Gasteiger charge is 2.11.